The van der Waals surface area contributed by atoms with Crippen molar-refractivity contribution >= 4 is 29.0 Å². The van der Waals surface area contributed by atoms with Gasteiger partial charge in [-0.05, 0) is 30.5 Å². The maximum atomic E-state index is 12.2. The number of methoxy groups -OCH3 is 1. The van der Waals surface area contributed by atoms with Crippen molar-refractivity contribution in [1.82, 2.24) is 20.1 Å². The Hall–Kier alpha value is -2.32. The Kier molecular flexibility index (Phi) is 5.72. The Morgan fingerprint density at radius 2 is 2.20 bits per heavy atom. The lowest BCUT2D eigenvalue weighted by atomic mass is 10.3. The van der Waals surface area contributed by atoms with Gasteiger partial charge >= 0.3 is 0 Å². The summed E-state index contributed by atoms with van der Waals surface area (Å²) >= 11 is 2.97. The predicted molar refractivity (Wildman–Crippen MR) is 99.5 cm³/mol. The fourth-order valence-electron chi connectivity index (χ4n) is 2.34. The molecule has 0 aliphatic rings. The first-order chi connectivity index (χ1) is 12.2. The van der Waals surface area contributed by atoms with Gasteiger partial charge < -0.3 is 10.1 Å². The van der Waals surface area contributed by atoms with Gasteiger partial charge in [-0.15, -0.1) is 21.5 Å². The van der Waals surface area contributed by atoms with Crippen molar-refractivity contribution in [3.8, 4) is 11.4 Å². The van der Waals surface area contributed by atoms with E-state index in [0.717, 1.165) is 16.3 Å². The van der Waals surface area contributed by atoms with Crippen LogP contribution < -0.4 is 10.1 Å². The summed E-state index contributed by atoms with van der Waals surface area (Å²) in [5.74, 6) is 0.948. The summed E-state index contributed by atoms with van der Waals surface area (Å²) in [4.78, 5) is 13.3. The SMILES string of the molecule is COc1ccccc1-n1cnnc1SCC(=O)N[C@@H](C)c1cccs1. The third-order valence-corrected chi connectivity index (χ3v) is 5.54. The Balaban J connectivity index is 1.65. The molecule has 6 nitrogen and oxygen atoms in total. The molecule has 2 aromatic heterocycles. The van der Waals surface area contributed by atoms with Gasteiger partial charge in [0.05, 0.1) is 24.6 Å². The molecule has 0 saturated carbocycles. The van der Waals surface area contributed by atoms with Crippen molar-refractivity contribution in [3.05, 3.63) is 53.0 Å². The van der Waals surface area contributed by atoms with Crippen LogP contribution in [0.2, 0.25) is 0 Å². The number of thioether (sulfide) groups is 1. The lowest BCUT2D eigenvalue weighted by molar-refractivity contribution is -0.119. The topological polar surface area (TPSA) is 69.0 Å². The summed E-state index contributed by atoms with van der Waals surface area (Å²) in [6, 6.07) is 11.6. The second kappa shape index (κ2) is 8.17. The lowest BCUT2D eigenvalue weighted by Gasteiger charge is -2.13. The molecule has 1 N–H and O–H groups in total. The maximum Gasteiger partial charge on any atom is 0.230 e. The van der Waals surface area contributed by atoms with E-state index in [1.807, 2.05) is 53.3 Å². The minimum absolute atomic E-state index is 0.000173. The molecule has 0 spiro atoms. The van der Waals surface area contributed by atoms with Crippen LogP contribution in [0.1, 0.15) is 17.8 Å². The molecule has 1 atom stereocenters. The van der Waals surface area contributed by atoms with Gasteiger partial charge in [-0.2, -0.15) is 0 Å². The highest BCUT2D eigenvalue weighted by molar-refractivity contribution is 7.99. The van der Waals surface area contributed by atoms with Crippen LogP contribution in [0.15, 0.2) is 53.3 Å². The average molecular weight is 374 g/mol. The number of nitrogens with one attached hydrogen (secondary N) is 1. The molecule has 3 rings (SSSR count). The molecule has 130 valence electrons. The van der Waals surface area contributed by atoms with Crippen LogP contribution >= 0.6 is 23.1 Å². The van der Waals surface area contributed by atoms with E-state index >= 15 is 0 Å². The average Bonchev–Trinajstić information content (AvgIpc) is 3.31. The van der Waals surface area contributed by atoms with Crippen molar-refractivity contribution in [1.29, 1.82) is 0 Å². The number of ether oxygens (including phenoxy) is 1. The van der Waals surface area contributed by atoms with Gasteiger partial charge in [0.1, 0.15) is 12.1 Å². The molecule has 0 saturated heterocycles. The second-order valence-corrected chi connectivity index (χ2v) is 7.17. The number of para-hydroxylation sites is 2. The first-order valence-corrected chi connectivity index (χ1v) is 9.54. The van der Waals surface area contributed by atoms with E-state index < -0.39 is 0 Å². The van der Waals surface area contributed by atoms with Gasteiger partial charge in [0, 0.05) is 4.88 Å². The maximum absolute atomic E-state index is 12.2. The minimum Gasteiger partial charge on any atom is -0.495 e. The minimum atomic E-state index is -0.0412. The van der Waals surface area contributed by atoms with Gasteiger partial charge in [-0.25, -0.2) is 0 Å². The monoisotopic (exact) mass is 374 g/mol. The van der Waals surface area contributed by atoms with Gasteiger partial charge in [0.25, 0.3) is 0 Å². The number of thiophene rings is 1. The predicted octanol–water partition coefficient (Wildman–Crippen LogP) is 3.31. The van der Waals surface area contributed by atoms with Crippen molar-refractivity contribution in [2.45, 2.75) is 18.1 Å². The second-order valence-electron chi connectivity index (χ2n) is 5.25. The Morgan fingerprint density at radius 3 is 2.96 bits per heavy atom. The fraction of sp³-hybridized carbons (Fsp3) is 0.235. The standard InChI is InChI=1S/C17H18N4O2S2/c1-12(15-8-5-9-24-15)19-16(22)10-25-17-20-18-11-21(17)13-6-3-4-7-14(13)23-2/h3-9,11-12H,10H2,1-2H3,(H,19,22)/t12-/m0/s1. The number of nitrogens with zero attached hydrogens (tertiary/aromatic N) is 3. The third kappa shape index (κ3) is 4.21. The quantitative estimate of drug-likeness (QED) is 0.643. The molecule has 3 aromatic rings. The van der Waals surface area contributed by atoms with Crippen LogP contribution in [0.25, 0.3) is 5.69 Å². The van der Waals surface area contributed by atoms with Crippen LogP contribution in [0.4, 0.5) is 0 Å². The molecule has 0 aliphatic heterocycles. The van der Waals surface area contributed by atoms with Crippen LogP contribution in [-0.2, 0) is 4.79 Å². The van der Waals surface area contributed by atoms with E-state index in [0.29, 0.717) is 5.16 Å². The zero-order chi connectivity index (χ0) is 17.6. The van der Waals surface area contributed by atoms with Crippen molar-refractivity contribution in [2.24, 2.45) is 0 Å². The number of hydrogen-bond acceptors (Lipinski definition) is 6. The van der Waals surface area contributed by atoms with Crippen molar-refractivity contribution in [3.63, 3.8) is 0 Å². The van der Waals surface area contributed by atoms with E-state index in [4.69, 9.17) is 4.74 Å². The number of carbonyl (C=O) groups excluding carboxylic acids is 1. The molecule has 8 heteroatoms. The molecule has 2 heterocycles. The zero-order valence-corrected chi connectivity index (χ0v) is 15.5. The summed E-state index contributed by atoms with van der Waals surface area (Å²) in [5, 5.41) is 13.7. The highest BCUT2D eigenvalue weighted by Crippen LogP contribution is 2.26. The number of benzene rings is 1. The molecule has 0 radical (unpaired) electrons. The molecule has 1 aromatic carbocycles. The molecular weight excluding hydrogens is 356 g/mol. The number of rotatable bonds is 7. The van der Waals surface area contributed by atoms with Crippen LogP contribution in [0.3, 0.4) is 0 Å². The molecule has 0 aliphatic carbocycles. The number of aromatic nitrogens is 3. The molecular formula is C17H18N4O2S2. The van der Waals surface area contributed by atoms with E-state index in [-0.39, 0.29) is 17.7 Å². The third-order valence-electron chi connectivity index (χ3n) is 3.54. The lowest BCUT2D eigenvalue weighted by Crippen LogP contribution is -2.27. The Bertz CT molecular complexity index is 833. The van der Waals surface area contributed by atoms with Crippen molar-refractivity contribution in [2.75, 3.05) is 12.9 Å². The van der Waals surface area contributed by atoms with E-state index in [1.54, 1.807) is 24.8 Å². The van der Waals surface area contributed by atoms with Gasteiger partial charge in [0.15, 0.2) is 5.16 Å². The number of hydrogen-bond donors (Lipinski definition) is 1. The summed E-state index contributed by atoms with van der Waals surface area (Å²) in [6.07, 6.45) is 1.62. The first kappa shape index (κ1) is 17.5. The highest BCUT2D eigenvalue weighted by atomic mass is 32.2. The summed E-state index contributed by atoms with van der Waals surface area (Å²) < 4.78 is 7.20. The summed E-state index contributed by atoms with van der Waals surface area (Å²) in [5.41, 5.74) is 0.838. The normalized spacial score (nSPS) is 11.9. The Morgan fingerprint density at radius 1 is 1.36 bits per heavy atom. The smallest absolute Gasteiger partial charge is 0.230 e. The van der Waals surface area contributed by atoms with Crippen LogP contribution in [0.5, 0.6) is 5.75 Å². The fourth-order valence-corrected chi connectivity index (χ4v) is 3.81. The number of amides is 1. The Labute approximate surface area is 154 Å². The highest BCUT2D eigenvalue weighted by Gasteiger charge is 2.15. The van der Waals surface area contributed by atoms with Gasteiger partial charge in [0.2, 0.25) is 5.91 Å². The first-order valence-electron chi connectivity index (χ1n) is 7.68. The zero-order valence-electron chi connectivity index (χ0n) is 13.9. The van der Waals surface area contributed by atoms with E-state index in [2.05, 4.69) is 15.5 Å². The molecule has 25 heavy (non-hydrogen) atoms. The summed E-state index contributed by atoms with van der Waals surface area (Å²) in [7, 11) is 1.62. The van der Waals surface area contributed by atoms with E-state index in [1.165, 1.54) is 11.8 Å². The van der Waals surface area contributed by atoms with Gasteiger partial charge in [-0.1, -0.05) is 30.0 Å². The molecule has 0 bridgehead atoms. The van der Waals surface area contributed by atoms with Gasteiger partial charge in [-0.3, -0.25) is 9.36 Å². The molecule has 0 unspecified atom stereocenters. The van der Waals surface area contributed by atoms with Crippen molar-refractivity contribution < 1.29 is 9.53 Å². The molecule has 1 amide bonds. The largest absolute Gasteiger partial charge is 0.495 e. The molecule has 0 fully saturated rings. The van der Waals surface area contributed by atoms with Crippen LogP contribution in [0, 0.1) is 0 Å². The number of carbonyl (C=O) groups is 1. The summed E-state index contributed by atoms with van der Waals surface area (Å²) in [6.45, 7) is 1.98. The van der Waals surface area contributed by atoms with E-state index in [9.17, 15) is 4.79 Å². The van der Waals surface area contributed by atoms with Crippen LogP contribution in [-0.4, -0.2) is 33.5 Å².